The number of halogens is 1. The molecular formula is C3H6FNaO4S. The summed E-state index contributed by atoms with van der Waals surface area (Å²) in [7, 11) is -4.67. The smallest absolute Gasteiger partial charge is 0.328 e. The van der Waals surface area contributed by atoms with E-state index < -0.39 is 10.4 Å². The van der Waals surface area contributed by atoms with E-state index in [1.807, 2.05) is 0 Å². The Balaban J connectivity index is -0.0000000910. The van der Waals surface area contributed by atoms with Crippen molar-refractivity contribution in [3.8, 4) is 0 Å². The summed E-state index contributed by atoms with van der Waals surface area (Å²) in [5.41, 5.74) is 0. The van der Waals surface area contributed by atoms with E-state index in [4.69, 9.17) is 17.5 Å². The maximum atomic E-state index is 10.5. The molecule has 0 fully saturated rings. The van der Waals surface area contributed by atoms with Crippen molar-refractivity contribution in [1.82, 2.24) is 0 Å². The standard InChI is InChI=1S/C3H4F.Na.H2O4S/c1-2-3-4;;1-5(2,3)4/h2-3H,1H2;;(H2,1,2,3,4)/q-1;+1;. The van der Waals surface area contributed by atoms with Gasteiger partial charge in [-0.2, -0.15) is 8.42 Å². The van der Waals surface area contributed by atoms with Crippen LogP contribution in [-0.4, -0.2) is 17.5 Å². The third-order valence-corrected chi connectivity index (χ3v) is 0.0891. The van der Waals surface area contributed by atoms with Crippen LogP contribution in [0.3, 0.4) is 0 Å². The third kappa shape index (κ3) is 232. The molecule has 56 valence electrons. The first-order valence-corrected chi connectivity index (χ1v) is 3.06. The fourth-order valence-corrected chi connectivity index (χ4v) is 0. The minimum atomic E-state index is -4.67. The molecule has 0 aliphatic rings. The Hall–Kier alpha value is 0.410. The van der Waals surface area contributed by atoms with Gasteiger partial charge in [-0.3, -0.25) is 9.11 Å². The Kier molecular flexibility index (Phi) is 15.8. The van der Waals surface area contributed by atoms with E-state index in [2.05, 4.69) is 6.58 Å². The number of hydrogen-bond acceptors (Lipinski definition) is 2. The van der Waals surface area contributed by atoms with Crippen LogP contribution >= 0.6 is 0 Å². The SMILES string of the molecule is C=C[CH-]F.O=S(=O)(O)O.[Na+]. The first kappa shape index (κ1) is 16.8. The number of rotatable bonds is 1. The largest absolute Gasteiger partial charge is 1.00 e. The molecule has 0 heterocycles. The molecule has 0 aliphatic heterocycles. The predicted molar refractivity (Wildman–Crippen MR) is 29.8 cm³/mol. The monoisotopic (exact) mass is 180 g/mol. The van der Waals surface area contributed by atoms with Gasteiger partial charge in [0, 0.05) is 0 Å². The summed E-state index contributed by atoms with van der Waals surface area (Å²) >= 11 is 0. The number of allylic oxidation sites excluding steroid dienone is 1. The molecule has 10 heavy (non-hydrogen) atoms. The van der Waals surface area contributed by atoms with Gasteiger partial charge in [-0.15, -0.1) is 0 Å². The molecule has 0 unspecified atom stereocenters. The minimum Gasteiger partial charge on any atom is -0.328 e. The van der Waals surface area contributed by atoms with Gasteiger partial charge in [-0.25, -0.2) is 12.7 Å². The maximum absolute atomic E-state index is 10.5. The van der Waals surface area contributed by atoms with Gasteiger partial charge in [0.1, 0.15) is 0 Å². The molecule has 0 aromatic rings. The summed E-state index contributed by atoms with van der Waals surface area (Å²) in [6.45, 7) is 3.44. The van der Waals surface area contributed by atoms with Gasteiger partial charge >= 0.3 is 40.0 Å². The minimum absolute atomic E-state index is 0. The Labute approximate surface area is 81.0 Å². The van der Waals surface area contributed by atoms with E-state index in [1.165, 1.54) is 0 Å². The van der Waals surface area contributed by atoms with Gasteiger partial charge in [0.15, 0.2) is 0 Å². The van der Waals surface area contributed by atoms with E-state index in [1.54, 1.807) is 0 Å². The topological polar surface area (TPSA) is 74.6 Å². The van der Waals surface area contributed by atoms with E-state index in [0.29, 0.717) is 6.67 Å². The van der Waals surface area contributed by atoms with Gasteiger partial charge in [-0.05, 0) is 0 Å². The molecule has 0 aromatic heterocycles. The number of hydrogen-bond donors (Lipinski definition) is 2. The molecule has 0 atom stereocenters. The normalized spacial score (nSPS) is 7.90. The zero-order valence-corrected chi connectivity index (χ0v) is 8.18. The average Bonchev–Trinajstić information content (AvgIpc) is 1.61. The van der Waals surface area contributed by atoms with Gasteiger partial charge in [0.05, 0.1) is 0 Å². The van der Waals surface area contributed by atoms with Crippen LogP contribution in [0.5, 0.6) is 0 Å². The van der Waals surface area contributed by atoms with Crippen LogP contribution in [0, 0.1) is 6.67 Å². The van der Waals surface area contributed by atoms with Crippen LogP contribution < -0.4 is 29.6 Å². The Morgan fingerprint density at radius 1 is 1.50 bits per heavy atom. The molecule has 7 heteroatoms. The quantitative estimate of drug-likeness (QED) is 0.269. The Bertz CT molecular complexity index is 146. The van der Waals surface area contributed by atoms with Gasteiger partial charge in [-0.1, -0.05) is 6.67 Å². The third-order valence-electron chi connectivity index (χ3n) is 0.0891. The second-order valence-corrected chi connectivity index (χ2v) is 1.71. The molecule has 0 aromatic carbocycles. The van der Waals surface area contributed by atoms with Crippen molar-refractivity contribution in [2.45, 2.75) is 0 Å². The van der Waals surface area contributed by atoms with Crippen LogP contribution in [0.4, 0.5) is 4.39 Å². The second kappa shape index (κ2) is 9.41. The summed E-state index contributed by atoms with van der Waals surface area (Å²) in [6.07, 6.45) is 1.08. The van der Waals surface area contributed by atoms with Crippen LogP contribution in [0.1, 0.15) is 0 Å². The molecule has 0 saturated heterocycles. The Morgan fingerprint density at radius 3 is 1.60 bits per heavy atom. The van der Waals surface area contributed by atoms with Crippen LogP contribution in [0.2, 0.25) is 0 Å². The molecule has 0 rings (SSSR count). The summed E-state index contributed by atoms with van der Waals surface area (Å²) in [4.78, 5) is 0. The summed E-state index contributed by atoms with van der Waals surface area (Å²) in [5.74, 6) is 0. The molecule has 0 saturated carbocycles. The van der Waals surface area contributed by atoms with Gasteiger partial charge in [0.2, 0.25) is 0 Å². The van der Waals surface area contributed by atoms with E-state index in [-0.39, 0.29) is 29.6 Å². The first-order chi connectivity index (χ1) is 3.91. The average molecular weight is 180 g/mol. The van der Waals surface area contributed by atoms with Crippen molar-refractivity contribution < 1.29 is 51.5 Å². The Morgan fingerprint density at radius 2 is 1.60 bits per heavy atom. The van der Waals surface area contributed by atoms with Crippen LogP contribution in [0.15, 0.2) is 12.7 Å². The van der Waals surface area contributed by atoms with Crippen molar-refractivity contribution in [3.63, 3.8) is 0 Å². The maximum Gasteiger partial charge on any atom is 1.00 e. The van der Waals surface area contributed by atoms with E-state index in [0.717, 1.165) is 6.08 Å². The second-order valence-electron chi connectivity index (χ2n) is 0.810. The van der Waals surface area contributed by atoms with E-state index >= 15 is 0 Å². The fraction of sp³-hybridized carbons (Fsp3) is 0. The van der Waals surface area contributed by atoms with Crippen molar-refractivity contribution >= 4 is 10.4 Å². The molecule has 4 nitrogen and oxygen atoms in total. The molecule has 0 radical (unpaired) electrons. The van der Waals surface area contributed by atoms with Crippen LogP contribution in [0.25, 0.3) is 0 Å². The first-order valence-electron chi connectivity index (χ1n) is 1.66. The molecular weight excluding hydrogens is 174 g/mol. The summed E-state index contributed by atoms with van der Waals surface area (Å²) in [5, 5.41) is 0. The van der Waals surface area contributed by atoms with Crippen molar-refractivity contribution in [3.05, 3.63) is 19.3 Å². The van der Waals surface area contributed by atoms with Gasteiger partial charge in [0.25, 0.3) is 0 Å². The zero-order chi connectivity index (χ0) is 7.91. The van der Waals surface area contributed by atoms with Crippen molar-refractivity contribution in [2.24, 2.45) is 0 Å². The van der Waals surface area contributed by atoms with Gasteiger partial charge < -0.3 is 4.39 Å². The van der Waals surface area contributed by atoms with E-state index in [9.17, 15) is 4.39 Å². The summed E-state index contributed by atoms with van der Waals surface area (Å²) in [6, 6.07) is 0. The molecule has 0 amide bonds. The van der Waals surface area contributed by atoms with Crippen molar-refractivity contribution in [1.29, 1.82) is 0 Å². The fourth-order valence-electron chi connectivity index (χ4n) is 0. The van der Waals surface area contributed by atoms with Crippen molar-refractivity contribution in [2.75, 3.05) is 0 Å². The molecule has 0 bridgehead atoms. The predicted octanol–water partition coefficient (Wildman–Crippen LogP) is -2.35. The molecule has 2 N–H and O–H groups in total. The molecule has 0 aliphatic carbocycles. The zero-order valence-electron chi connectivity index (χ0n) is 5.36. The molecule has 0 spiro atoms. The van der Waals surface area contributed by atoms with Crippen LogP contribution in [-0.2, 0) is 10.4 Å². The summed E-state index contributed by atoms with van der Waals surface area (Å²) < 4.78 is 42.1.